The zero-order chi connectivity index (χ0) is 27.5. The molecule has 0 aromatic heterocycles. The van der Waals surface area contributed by atoms with E-state index in [9.17, 15) is 5.53 Å². The van der Waals surface area contributed by atoms with Crippen LogP contribution in [0.4, 0.5) is 0 Å². The van der Waals surface area contributed by atoms with Crippen molar-refractivity contribution in [2.24, 2.45) is 0 Å². The minimum Gasteiger partial charge on any atom is -0.493 e. The standard InChI is InChI=1S/C36H52N2/c1-7-13-17-29-22-30(18-14-8-2)26-32(25-29)36-34(20-16-10-4)33(19-15-9-3)35(38(36)37)31-23-27(11-5)21-28(12-6)24-31/h21-26H,7-20H2,1-6H3. The Hall–Kier alpha value is -2.48. The molecule has 2 aromatic rings. The van der Waals surface area contributed by atoms with Gasteiger partial charge in [0.05, 0.1) is 0 Å². The Labute approximate surface area is 233 Å². The highest BCUT2D eigenvalue weighted by molar-refractivity contribution is 5.82. The van der Waals surface area contributed by atoms with E-state index in [0.29, 0.717) is 0 Å². The third kappa shape index (κ3) is 7.33. The molecule has 206 valence electrons. The van der Waals surface area contributed by atoms with Gasteiger partial charge in [0.15, 0.2) is 0 Å². The average molecular weight is 513 g/mol. The fraction of sp³-hybridized carbons (Fsp3) is 0.556. The van der Waals surface area contributed by atoms with Gasteiger partial charge >= 0.3 is 0 Å². The summed E-state index contributed by atoms with van der Waals surface area (Å²) in [5, 5.41) is 0. The molecule has 3 rings (SSSR count). The van der Waals surface area contributed by atoms with E-state index in [1.54, 1.807) is 4.70 Å². The van der Waals surface area contributed by atoms with Gasteiger partial charge in [-0.1, -0.05) is 79.4 Å². The molecule has 0 aliphatic carbocycles. The summed E-state index contributed by atoms with van der Waals surface area (Å²) >= 11 is 0. The number of nitrogens with zero attached hydrogens (tertiary/aromatic N) is 2. The van der Waals surface area contributed by atoms with Gasteiger partial charge in [-0.25, -0.2) is 4.70 Å². The molecule has 0 N–H and O–H groups in total. The van der Waals surface area contributed by atoms with E-state index in [2.05, 4.69) is 77.9 Å². The number of hydrogen-bond donors (Lipinski definition) is 0. The molecule has 1 heterocycles. The summed E-state index contributed by atoms with van der Waals surface area (Å²) in [5.74, 6) is 0. The third-order valence-electron chi connectivity index (χ3n) is 8.03. The normalized spacial score (nSPS) is 13.8. The molecule has 0 atom stereocenters. The van der Waals surface area contributed by atoms with Gasteiger partial charge in [-0.05, 0) is 111 Å². The maximum Gasteiger partial charge on any atom is 0.211 e. The molecule has 0 saturated heterocycles. The summed E-state index contributed by atoms with van der Waals surface area (Å²) in [4.78, 5) is 0. The molecule has 0 unspecified atom stereocenters. The Balaban J connectivity index is 2.23. The van der Waals surface area contributed by atoms with Crippen LogP contribution in [0.15, 0.2) is 47.5 Å². The quantitative estimate of drug-likeness (QED) is 0.200. The van der Waals surface area contributed by atoms with Crippen molar-refractivity contribution in [1.29, 1.82) is 0 Å². The van der Waals surface area contributed by atoms with Gasteiger partial charge in [-0.2, -0.15) is 0 Å². The number of benzene rings is 2. The molecule has 0 fully saturated rings. The number of hydrogen-bond acceptors (Lipinski definition) is 0. The summed E-state index contributed by atoms with van der Waals surface area (Å²) < 4.78 is 1.59. The lowest BCUT2D eigenvalue weighted by molar-refractivity contribution is -0.345. The van der Waals surface area contributed by atoms with Crippen LogP contribution < -0.4 is 0 Å². The van der Waals surface area contributed by atoms with Crippen molar-refractivity contribution in [1.82, 2.24) is 0 Å². The zero-order valence-electron chi connectivity index (χ0n) is 25.3. The van der Waals surface area contributed by atoms with Crippen LogP contribution in [0.3, 0.4) is 0 Å². The van der Waals surface area contributed by atoms with E-state index in [1.165, 1.54) is 70.2 Å². The molecule has 0 bridgehead atoms. The third-order valence-corrected chi connectivity index (χ3v) is 8.03. The highest BCUT2D eigenvalue weighted by Gasteiger charge is 2.35. The van der Waals surface area contributed by atoms with Crippen molar-refractivity contribution in [3.05, 3.63) is 86.5 Å². The second kappa shape index (κ2) is 15.2. The second-order valence-corrected chi connectivity index (χ2v) is 11.2. The lowest BCUT2D eigenvalue weighted by Gasteiger charge is -2.14. The SMILES string of the molecule is CCCCC1=C(c2cc(CC)cc(CC)c2)[N+](=[N-])C(c2cc(CCCC)cc(CCCC)c2)=C1CCCC. The van der Waals surface area contributed by atoms with E-state index in [1.807, 2.05) is 0 Å². The highest BCUT2D eigenvalue weighted by atomic mass is 15.2. The molecule has 1 aliphatic heterocycles. The summed E-state index contributed by atoms with van der Waals surface area (Å²) in [7, 11) is 0. The zero-order valence-corrected chi connectivity index (χ0v) is 25.3. The molecule has 0 amide bonds. The number of unbranched alkanes of at least 4 members (excludes halogenated alkanes) is 4. The Morgan fingerprint density at radius 2 is 0.816 bits per heavy atom. The summed E-state index contributed by atoms with van der Waals surface area (Å²) in [6, 6.07) is 14.1. The van der Waals surface area contributed by atoms with E-state index in [-0.39, 0.29) is 0 Å². The summed E-state index contributed by atoms with van der Waals surface area (Å²) in [6.45, 7) is 13.5. The van der Waals surface area contributed by atoms with Gasteiger partial charge in [-0.15, -0.1) is 0 Å². The Morgan fingerprint density at radius 3 is 1.18 bits per heavy atom. The monoisotopic (exact) mass is 512 g/mol. The van der Waals surface area contributed by atoms with Crippen molar-refractivity contribution in [2.75, 3.05) is 0 Å². The highest BCUT2D eigenvalue weighted by Crippen LogP contribution is 2.45. The van der Waals surface area contributed by atoms with Crippen molar-refractivity contribution in [3.8, 4) is 0 Å². The fourth-order valence-corrected chi connectivity index (χ4v) is 5.75. The predicted octanol–water partition coefficient (Wildman–Crippen LogP) is 11.0. The van der Waals surface area contributed by atoms with E-state index in [4.69, 9.17) is 0 Å². The Kier molecular flexibility index (Phi) is 12.0. The van der Waals surface area contributed by atoms with Crippen LogP contribution in [0, 0.1) is 0 Å². The molecule has 0 spiro atoms. The minimum absolute atomic E-state index is 1.01. The molecular weight excluding hydrogens is 460 g/mol. The van der Waals surface area contributed by atoms with Crippen LogP contribution in [0.5, 0.6) is 0 Å². The molecule has 2 heteroatoms. The summed E-state index contributed by atoms with van der Waals surface area (Å²) in [6.07, 6.45) is 15.7. The van der Waals surface area contributed by atoms with Crippen LogP contribution >= 0.6 is 0 Å². The molecule has 0 radical (unpaired) electrons. The van der Waals surface area contributed by atoms with Crippen LogP contribution in [-0.2, 0) is 25.7 Å². The topological polar surface area (TPSA) is 25.3 Å². The van der Waals surface area contributed by atoms with Gasteiger partial charge in [0.25, 0.3) is 0 Å². The molecule has 38 heavy (non-hydrogen) atoms. The van der Waals surface area contributed by atoms with Crippen LogP contribution in [-0.4, -0.2) is 4.70 Å². The molecule has 2 aromatic carbocycles. The van der Waals surface area contributed by atoms with Crippen LogP contribution in [0.25, 0.3) is 16.9 Å². The van der Waals surface area contributed by atoms with Gasteiger partial charge < -0.3 is 5.53 Å². The number of allylic oxidation sites excluding steroid dienone is 2. The first kappa shape index (κ1) is 30.1. The van der Waals surface area contributed by atoms with Gasteiger partial charge in [0.1, 0.15) is 0 Å². The molecule has 2 nitrogen and oxygen atoms in total. The van der Waals surface area contributed by atoms with Gasteiger partial charge in [0, 0.05) is 22.3 Å². The van der Waals surface area contributed by atoms with Crippen molar-refractivity contribution in [3.63, 3.8) is 0 Å². The van der Waals surface area contributed by atoms with Crippen LogP contribution in [0.2, 0.25) is 0 Å². The number of rotatable bonds is 16. The van der Waals surface area contributed by atoms with E-state index >= 15 is 0 Å². The fourth-order valence-electron chi connectivity index (χ4n) is 5.75. The van der Waals surface area contributed by atoms with Gasteiger partial charge in [0.2, 0.25) is 11.4 Å². The maximum absolute atomic E-state index is 12.1. The van der Waals surface area contributed by atoms with Crippen molar-refractivity contribution >= 4 is 11.4 Å². The van der Waals surface area contributed by atoms with Crippen molar-refractivity contribution in [2.45, 2.75) is 131 Å². The molecule has 1 aliphatic rings. The Bertz CT molecular complexity index is 1100. The lowest BCUT2D eigenvalue weighted by atomic mass is 9.90. The van der Waals surface area contributed by atoms with Crippen LogP contribution in [0.1, 0.15) is 139 Å². The molecule has 0 saturated carbocycles. The minimum atomic E-state index is 1.01. The predicted molar refractivity (Wildman–Crippen MR) is 165 cm³/mol. The first-order valence-electron chi connectivity index (χ1n) is 15.7. The molecular formula is C36H52N2. The Morgan fingerprint density at radius 1 is 0.474 bits per heavy atom. The maximum atomic E-state index is 12.1. The number of aryl methyl sites for hydroxylation is 4. The first-order valence-corrected chi connectivity index (χ1v) is 15.7. The first-order chi connectivity index (χ1) is 18.5. The average Bonchev–Trinajstić information content (AvgIpc) is 3.22. The largest absolute Gasteiger partial charge is 0.493 e. The van der Waals surface area contributed by atoms with Crippen molar-refractivity contribution < 1.29 is 4.70 Å². The van der Waals surface area contributed by atoms with E-state index in [0.717, 1.165) is 75.6 Å². The smallest absolute Gasteiger partial charge is 0.211 e. The lowest BCUT2D eigenvalue weighted by Crippen LogP contribution is -2.05. The van der Waals surface area contributed by atoms with Gasteiger partial charge in [-0.3, -0.25) is 0 Å². The second-order valence-electron chi connectivity index (χ2n) is 11.2. The van der Waals surface area contributed by atoms with E-state index < -0.39 is 0 Å². The summed E-state index contributed by atoms with van der Waals surface area (Å²) in [5.41, 5.74) is 24.8.